The number of rotatable bonds is 2. The molecule has 0 heterocycles. The molecule has 0 spiro atoms. The molecule has 1 aliphatic rings. The van der Waals surface area contributed by atoms with Gasteiger partial charge in [0.25, 0.3) is 0 Å². The van der Waals surface area contributed by atoms with Gasteiger partial charge in [-0.3, -0.25) is 4.79 Å². The summed E-state index contributed by atoms with van der Waals surface area (Å²) in [6.07, 6.45) is 1.57. The van der Waals surface area contributed by atoms with E-state index in [4.69, 9.17) is 9.84 Å². The molecule has 1 saturated carbocycles. The highest BCUT2D eigenvalue weighted by molar-refractivity contribution is 5.71. The van der Waals surface area contributed by atoms with E-state index in [0.29, 0.717) is 19.3 Å². The molecule has 0 saturated heterocycles. The number of nitrogens with one attached hydrogen (secondary N) is 1. The first-order valence-electron chi connectivity index (χ1n) is 6.41. The molecule has 1 rings (SSSR count). The maximum Gasteiger partial charge on any atom is 0.407 e. The van der Waals surface area contributed by atoms with Gasteiger partial charge in [0.15, 0.2) is 0 Å². The lowest BCUT2D eigenvalue weighted by molar-refractivity contribution is -0.144. The highest BCUT2D eigenvalue weighted by Gasteiger charge is 2.33. The van der Waals surface area contributed by atoms with Crippen LogP contribution in [0.25, 0.3) is 0 Å². The third kappa shape index (κ3) is 4.55. The predicted molar refractivity (Wildman–Crippen MR) is 67.3 cm³/mol. The fourth-order valence-electron chi connectivity index (χ4n) is 2.37. The van der Waals surface area contributed by atoms with Gasteiger partial charge in [0.05, 0.1) is 5.92 Å². The number of carbonyl (C=O) groups excluding carboxylic acids is 1. The van der Waals surface area contributed by atoms with Crippen LogP contribution in [-0.2, 0) is 9.53 Å². The van der Waals surface area contributed by atoms with E-state index in [2.05, 4.69) is 5.32 Å². The minimum atomic E-state index is -0.738. The maximum absolute atomic E-state index is 11.6. The minimum Gasteiger partial charge on any atom is -0.481 e. The van der Waals surface area contributed by atoms with Crippen molar-refractivity contribution < 1.29 is 19.4 Å². The summed E-state index contributed by atoms with van der Waals surface area (Å²) in [5, 5.41) is 11.8. The Balaban J connectivity index is 2.43. The fraction of sp³-hybridized carbons (Fsp3) is 0.846. The summed E-state index contributed by atoms with van der Waals surface area (Å²) in [6, 6.07) is 0.0189. The first kappa shape index (κ1) is 14.8. The molecule has 0 aromatic carbocycles. The van der Waals surface area contributed by atoms with Gasteiger partial charge in [0.1, 0.15) is 5.60 Å². The molecule has 1 fully saturated rings. The summed E-state index contributed by atoms with van der Waals surface area (Å²) in [5.41, 5.74) is -0.506. The highest BCUT2D eigenvalue weighted by Crippen LogP contribution is 2.30. The van der Waals surface area contributed by atoms with Gasteiger partial charge in [-0.25, -0.2) is 4.79 Å². The Labute approximate surface area is 108 Å². The van der Waals surface area contributed by atoms with Crippen molar-refractivity contribution in [1.29, 1.82) is 0 Å². The number of carboxylic acid groups (broad SMARTS) is 1. The van der Waals surface area contributed by atoms with Gasteiger partial charge in [0, 0.05) is 6.04 Å². The lowest BCUT2D eigenvalue weighted by Gasteiger charge is -2.32. The predicted octanol–water partition coefficient (Wildman–Crippen LogP) is 2.40. The molecule has 0 aliphatic heterocycles. The molecule has 104 valence electrons. The zero-order valence-electron chi connectivity index (χ0n) is 11.5. The summed E-state index contributed by atoms with van der Waals surface area (Å²) < 4.78 is 5.18. The van der Waals surface area contributed by atoms with E-state index >= 15 is 0 Å². The first-order valence-corrected chi connectivity index (χ1v) is 6.41. The molecule has 3 atom stereocenters. The molecule has 0 unspecified atom stereocenters. The van der Waals surface area contributed by atoms with Crippen molar-refractivity contribution in [3.05, 3.63) is 0 Å². The molecule has 0 aromatic heterocycles. The molecular formula is C13H23NO4. The number of hydrogen-bond acceptors (Lipinski definition) is 3. The van der Waals surface area contributed by atoms with E-state index in [1.807, 2.05) is 27.7 Å². The summed E-state index contributed by atoms with van der Waals surface area (Å²) >= 11 is 0. The van der Waals surface area contributed by atoms with Crippen LogP contribution in [0, 0.1) is 11.8 Å². The molecule has 0 bridgehead atoms. The Morgan fingerprint density at radius 3 is 2.33 bits per heavy atom. The SMILES string of the molecule is C[C@H]1C[C@H](NC(=O)OC(C)(C)C)CC[C@@H]1C(=O)O. The third-order valence-electron chi connectivity index (χ3n) is 3.21. The second kappa shape index (κ2) is 5.59. The van der Waals surface area contributed by atoms with Gasteiger partial charge in [-0.2, -0.15) is 0 Å². The Kier molecular flexibility index (Phi) is 4.59. The molecule has 1 amide bonds. The largest absolute Gasteiger partial charge is 0.481 e. The van der Waals surface area contributed by atoms with Crippen LogP contribution < -0.4 is 5.32 Å². The number of hydrogen-bond donors (Lipinski definition) is 2. The molecule has 0 aromatic rings. The van der Waals surface area contributed by atoms with Crippen LogP contribution in [-0.4, -0.2) is 28.8 Å². The van der Waals surface area contributed by atoms with Crippen molar-refractivity contribution >= 4 is 12.1 Å². The summed E-state index contributed by atoms with van der Waals surface area (Å²) in [6.45, 7) is 7.37. The average Bonchev–Trinajstić information content (AvgIpc) is 2.13. The lowest BCUT2D eigenvalue weighted by atomic mass is 9.78. The number of ether oxygens (including phenoxy) is 1. The zero-order chi connectivity index (χ0) is 13.9. The summed E-state index contributed by atoms with van der Waals surface area (Å²) in [4.78, 5) is 22.6. The number of amides is 1. The Morgan fingerprint density at radius 1 is 1.28 bits per heavy atom. The average molecular weight is 257 g/mol. The molecule has 5 heteroatoms. The van der Waals surface area contributed by atoms with E-state index in [1.165, 1.54) is 0 Å². The standard InChI is InChI=1S/C13H23NO4/c1-8-7-9(5-6-10(8)11(15)16)14-12(17)18-13(2,3)4/h8-10H,5-7H2,1-4H3,(H,14,17)(H,15,16)/t8-,9+,10-/m0/s1. The number of alkyl carbamates (subject to hydrolysis) is 1. The van der Waals surface area contributed by atoms with Crippen LogP contribution >= 0.6 is 0 Å². The van der Waals surface area contributed by atoms with Crippen LogP contribution in [0.1, 0.15) is 47.0 Å². The van der Waals surface area contributed by atoms with E-state index in [9.17, 15) is 9.59 Å². The molecule has 2 N–H and O–H groups in total. The van der Waals surface area contributed by atoms with Gasteiger partial charge in [-0.05, 0) is 46.0 Å². The van der Waals surface area contributed by atoms with Gasteiger partial charge in [-0.1, -0.05) is 6.92 Å². The molecule has 5 nitrogen and oxygen atoms in total. The normalized spacial score (nSPS) is 28.6. The zero-order valence-corrected chi connectivity index (χ0v) is 11.5. The Bertz CT molecular complexity index is 321. The van der Waals surface area contributed by atoms with Crippen molar-refractivity contribution in [2.45, 2.75) is 58.6 Å². The fourth-order valence-corrected chi connectivity index (χ4v) is 2.37. The second-order valence-electron chi connectivity index (χ2n) is 6.08. The monoisotopic (exact) mass is 257 g/mol. The van der Waals surface area contributed by atoms with Crippen molar-refractivity contribution in [1.82, 2.24) is 5.32 Å². The first-order chi connectivity index (χ1) is 8.19. The van der Waals surface area contributed by atoms with Gasteiger partial charge in [-0.15, -0.1) is 0 Å². The van der Waals surface area contributed by atoms with Crippen LogP contribution in [0.3, 0.4) is 0 Å². The van der Waals surface area contributed by atoms with Crippen LogP contribution in [0.5, 0.6) is 0 Å². The smallest absolute Gasteiger partial charge is 0.407 e. The summed E-state index contributed by atoms with van der Waals surface area (Å²) in [5.74, 6) is -0.948. The summed E-state index contributed by atoms with van der Waals surface area (Å²) in [7, 11) is 0. The Hall–Kier alpha value is -1.26. The van der Waals surface area contributed by atoms with Crippen molar-refractivity contribution in [2.24, 2.45) is 11.8 Å². The van der Waals surface area contributed by atoms with Crippen LogP contribution in [0.2, 0.25) is 0 Å². The van der Waals surface area contributed by atoms with Crippen molar-refractivity contribution in [2.75, 3.05) is 0 Å². The third-order valence-corrected chi connectivity index (χ3v) is 3.21. The number of carbonyl (C=O) groups is 2. The molecule has 1 aliphatic carbocycles. The van der Waals surface area contributed by atoms with Crippen molar-refractivity contribution in [3.63, 3.8) is 0 Å². The highest BCUT2D eigenvalue weighted by atomic mass is 16.6. The van der Waals surface area contributed by atoms with Crippen LogP contribution in [0.15, 0.2) is 0 Å². The van der Waals surface area contributed by atoms with E-state index in [-0.39, 0.29) is 17.9 Å². The minimum absolute atomic E-state index is 0.0189. The topological polar surface area (TPSA) is 75.6 Å². The molecule has 0 radical (unpaired) electrons. The Morgan fingerprint density at radius 2 is 1.89 bits per heavy atom. The van der Waals surface area contributed by atoms with Crippen molar-refractivity contribution in [3.8, 4) is 0 Å². The van der Waals surface area contributed by atoms with Gasteiger partial charge < -0.3 is 15.2 Å². The van der Waals surface area contributed by atoms with Crippen LogP contribution in [0.4, 0.5) is 4.79 Å². The van der Waals surface area contributed by atoms with E-state index in [1.54, 1.807) is 0 Å². The van der Waals surface area contributed by atoms with Gasteiger partial charge in [0.2, 0.25) is 0 Å². The lowest BCUT2D eigenvalue weighted by Crippen LogP contribution is -2.43. The molecule has 18 heavy (non-hydrogen) atoms. The van der Waals surface area contributed by atoms with Gasteiger partial charge >= 0.3 is 12.1 Å². The molecular weight excluding hydrogens is 234 g/mol. The number of aliphatic carboxylic acids is 1. The van der Waals surface area contributed by atoms with E-state index in [0.717, 1.165) is 0 Å². The maximum atomic E-state index is 11.6. The quantitative estimate of drug-likeness (QED) is 0.796. The van der Waals surface area contributed by atoms with E-state index < -0.39 is 17.7 Å². The number of carboxylic acids is 1. The second-order valence-corrected chi connectivity index (χ2v) is 6.08.